The first-order valence-electron chi connectivity index (χ1n) is 7.41. The second-order valence-corrected chi connectivity index (χ2v) is 5.68. The minimum Gasteiger partial charge on any atom is -0.480 e. The van der Waals surface area contributed by atoms with Crippen molar-refractivity contribution in [2.45, 2.75) is 50.1 Å². The van der Waals surface area contributed by atoms with Gasteiger partial charge >= 0.3 is 5.97 Å². The van der Waals surface area contributed by atoms with Crippen LogP contribution >= 0.6 is 0 Å². The summed E-state index contributed by atoms with van der Waals surface area (Å²) in [6.07, 6.45) is 4.58. The molecule has 1 aliphatic rings. The van der Waals surface area contributed by atoms with Gasteiger partial charge in [-0.05, 0) is 18.4 Å². The highest BCUT2D eigenvalue weighted by Gasteiger charge is 2.40. The number of nitrogens with two attached hydrogens (primary N) is 1. The number of carboxylic acid groups (broad SMARTS) is 1. The number of hydrogen-bond donors (Lipinski definition) is 3. The lowest BCUT2D eigenvalue weighted by atomic mass is 9.89. The number of amides is 1. The van der Waals surface area contributed by atoms with Crippen molar-refractivity contribution < 1.29 is 14.7 Å². The highest BCUT2D eigenvalue weighted by Crippen LogP contribution is 2.28. The quantitative estimate of drug-likeness (QED) is 0.739. The molecule has 5 nitrogen and oxygen atoms in total. The molecule has 0 bridgehead atoms. The SMILES string of the molecule is N[C@H](C(=O)NC1(C(=O)O)CCCCCC1)c1ccccc1. The van der Waals surface area contributed by atoms with Crippen molar-refractivity contribution in [1.29, 1.82) is 0 Å². The molecule has 114 valence electrons. The van der Waals surface area contributed by atoms with Gasteiger partial charge < -0.3 is 16.2 Å². The van der Waals surface area contributed by atoms with Gasteiger partial charge in [-0.1, -0.05) is 56.0 Å². The van der Waals surface area contributed by atoms with Crippen LogP contribution in [0.15, 0.2) is 30.3 Å². The molecule has 0 unspecified atom stereocenters. The molecular formula is C16H22N2O3. The van der Waals surface area contributed by atoms with Crippen molar-refractivity contribution in [3.8, 4) is 0 Å². The van der Waals surface area contributed by atoms with E-state index in [4.69, 9.17) is 5.73 Å². The van der Waals surface area contributed by atoms with E-state index >= 15 is 0 Å². The van der Waals surface area contributed by atoms with Gasteiger partial charge in [0.15, 0.2) is 0 Å². The smallest absolute Gasteiger partial charge is 0.329 e. The highest BCUT2D eigenvalue weighted by molar-refractivity contribution is 5.90. The third-order valence-corrected chi connectivity index (χ3v) is 4.17. The normalized spacial score (nSPS) is 19.3. The van der Waals surface area contributed by atoms with Crippen LogP contribution in [0.3, 0.4) is 0 Å². The summed E-state index contributed by atoms with van der Waals surface area (Å²) < 4.78 is 0. The van der Waals surface area contributed by atoms with Gasteiger partial charge in [-0.15, -0.1) is 0 Å². The molecule has 1 aromatic carbocycles. The van der Waals surface area contributed by atoms with Crippen LogP contribution in [0.5, 0.6) is 0 Å². The van der Waals surface area contributed by atoms with Crippen molar-refractivity contribution in [1.82, 2.24) is 5.32 Å². The Morgan fingerprint density at radius 3 is 2.19 bits per heavy atom. The first-order chi connectivity index (χ1) is 10.1. The van der Waals surface area contributed by atoms with Crippen LogP contribution in [0.1, 0.15) is 50.1 Å². The van der Waals surface area contributed by atoms with Gasteiger partial charge in [0, 0.05) is 0 Å². The van der Waals surface area contributed by atoms with E-state index in [0.717, 1.165) is 25.7 Å². The zero-order valence-electron chi connectivity index (χ0n) is 12.0. The van der Waals surface area contributed by atoms with Crippen LogP contribution in [0.25, 0.3) is 0 Å². The van der Waals surface area contributed by atoms with E-state index in [0.29, 0.717) is 18.4 Å². The molecular weight excluding hydrogens is 268 g/mol. The minimum atomic E-state index is -1.17. The first-order valence-corrected chi connectivity index (χ1v) is 7.41. The lowest BCUT2D eigenvalue weighted by molar-refractivity contribution is -0.148. The predicted molar refractivity (Wildman–Crippen MR) is 79.6 cm³/mol. The number of rotatable bonds is 4. The molecule has 0 radical (unpaired) electrons. The van der Waals surface area contributed by atoms with E-state index in [9.17, 15) is 14.7 Å². The van der Waals surface area contributed by atoms with Gasteiger partial charge in [-0.3, -0.25) is 4.79 Å². The van der Waals surface area contributed by atoms with Gasteiger partial charge in [0.1, 0.15) is 11.6 Å². The van der Waals surface area contributed by atoms with Gasteiger partial charge in [0.25, 0.3) is 0 Å². The molecule has 0 saturated heterocycles. The third kappa shape index (κ3) is 3.61. The molecule has 5 heteroatoms. The average Bonchev–Trinajstić information content (AvgIpc) is 2.74. The Hall–Kier alpha value is -1.88. The van der Waals surface area contributed by atoms with Crippen molar-refractivity contribution in [3.63, 3.8) is 0 Å². The minimum absolute atomic E-state index is 0.425. The lowest BCUT2D eigenvalue weighted by Gasteiger charge is -2.30. The van der Waals surface area contributed by atoms with Crippen LogP contribution in [0.4, 0.5) is 0 Å². The second-order valence-electron chi connectivity index (χ2n) is 5.68. The van der Waals surface area contributed by atoms with Crippen LogP contribution < -0.4 is 11.1 Å². The fraction of sp³-hybridized carbons (Fsp3) is 0.500. The highest BCUT2D eigenvalue weighted by atomic mass is 16.4. The Kier molecular flexibility index (Phi) is 4.96. The van der Waals surface area contributed by atoms with Crippen LogP contribution in [0.2, 0.25) is 0 Å². The molecule has 0 aromatic heterocycles. The molecule has 1 saturated carbocycles. The Bertz CT molecular complexity index is 494. The number of benzene rings is 1. The number of carboxylic acids is 1. The Morgan fingerprint density at radius 2 is 1.67 bits per heavy atom. The van der Waals surface area contributed by atoms with Gasteiger partial charge in [-0.25, -0.2) is 4.79 Å². The molecule has 2 rings (SSSR count). The van der Waals surface area contributed by atoms with E-state index in [1.807, 2.05) is 6.07 Å². The molecule has 0 spiro atoms. The number of aliphatic carboxylic acids is 1. The van der Waals surface area contributed by atoms with Gasteiger partial charge in [0.2, 0.25) is 5.91 Å². The summed E-state index contributed by atoms with van der Waals surface area (Å²) in [5.74, 6) is -1.39. The van der Waals surface area contributed by atoms with E-state index < -0.39 is 23.5 Å². The third-order valence-electron chi connectivity index (χ3n) is 4.17. The van der Waals surface area contributed by atoms with E-state index in [1.54, 1.807) is 24.3 Å². The number of carbonyl (C=O) groups is 2. The standard InChI is InChI=1S/C16H22N2O3/c17-13(12-8-4-3-5-9-12)14(19)18-16(15(20)21)10-6-1-2-7-11-16/h3-5,8-9,13H,1-2,6-7,10-11,17H2,(H,18,19)(H,20,21)/t13-/m0/s1. The fourth-order valence-corrected chi connectivity index (χ4v) is 2.85. The Morgan fingerprint density at radius 1 is 1.10 bits per heavy atom. The monoisotopic (exact) mass is 290 g/mol. The molecule has 1 aromatic rings. The summed E-state index contributed by atoms with van der Waals surface area (Å²) in [4.78, 5) is 24.0. The zero-order valence-corrected chi connectivity index (χ0v) is 12.0. The molecule has 1 atom stereocenters. The van der Waals surface area contributed by atoms with Crippen molar-refractivity contribution in [2.24, 2.45) is 5.73 Å². The molecule has 4 N–H and O–H groups in total. The first kappa shape index (κ1) is 15.5. The maximum Gasteiger partial charge on any atom is 0.329 e. The van der Waals surface area contributed by atoms with Crippen molar-refractivity contribution in [3.05, 3.63) is 35.9 Å². The summed E-state index contributed by atoms with van der Waals surface area (Å²) >= 11 is 0. The second kappa shape index (κ2) is 6.72. The van der Waals surface area contributed by atoms with Gasteiger partial charge in [-0.2, -0.15) is 0 Å². The maximum atomic E-state index is 12.3. The summed E-state index contributed by atoms with van der Waals surface area (Å²) in [6.45, 7) is 0. The molecule has 1 amide bonds. The maximum absolute atomic E-state index is 12.3. The van der Waals surface area contributed by atoms with Crippen molar-refractivity contribution >= 4 is 11.9 Å². The average molecular weight is 290 g/mol. The molecule has 0 aliphatic heterocycles. The number of hydrogen-bond acceptors (Lipinski definition) is 3. The molecule has 1 fully saturated rings. The molecule has 0 heterocycles. The van der Waals surface area contributed by atoms with Crippen LogP contribution in [0, 0.1) is 0 Å². The number of nitrogens with one attached hydrogen (secondary N) is 1. The van der Waals surface area contributed by atoms with E-state index in [1.165, 1.54) is 0 Å². The van der Waals surface area contributed by atoms with E-state index in [2.05, 4.69) is 5.32 Å². The Labute approximate surface area is 124 Å². The topological polar surface area (TPSA) is 92.4 Å². The Balaban J connectivity index is 2.13. The van der Waals surface area contributed by atoms with Crippen LogP contribution in [-0.4, -0.2) is 22.5 Å². The molecule has 1 aliphatic carbocycles. The summed E-state index contributed by atoms with van der Waals surface area (Å²) in [6, 6.07) is 8.15. The zero-order chi connectivity index (χ0) is 15.3. The van der Waals surface area contributed by atoms with Crippen LogP contribution in [-0.2, 0) is 9.59 Å². The summed E-state index contributed by atoms with van der Waals surface area (Å²) in [5.41, 5.74) is 5.47. The van der Waals surface area contributed by atoms with Gasteiger partial charge in [0.05, 0.1) is 0 Å². The summed E-state index contributed by atoms with van der Waals surface area (Å²) in [5, 5.41) is 12.3. The largest absolute Gasteiger partial charge is 0.480 e. The van der Waals surface area contributed by atoms with E-state index in [-0.39, 0.29) is 0 Å². The number of carbonyl (C=O) groups excluding carboxylic acids is 1. The predicted octanol–water partition coefficient (Wildman–Crippen LogP) is 1.98. The lowest BCUT2D eigenvalue weighted by Crippen LogP contribution is -2.56. The van der Waals surface area contributed by atoms with Crippen molar-refractivity contribution in [2.75, 3.05) is 0 Å². The molecule has 21 heavy (non-hydrogen) atoms. The summed E-state index contributed by atoms with van der Waals surface area (Å²) in [7, 11) is 0. The fourth-order valence-electron chi connectivity index (χ4n) is 2.85.